The number of rotatable bonds is 2. The lowest BCUT2D eigenvalue weighted by atomic mass is 10.0. The molecular formula is C14H10FIO. The summed E-state index contributed by atoms with van der Waals surface area (Å²) in [5.41, 5.74) is 1.72. The van der Waals surface area contributed by atoms with E-state index in [1.165, 1.54) is 12.1 Å². The van der Waals surface area contributed by atoms with Gasteiger partial charge < -0.3 is 0 Å². The van der Waals surface area contributed by atoms with E-state index >= 15 is 0 Å². The van der Waals surface area contributed by atoms with E-state index in [1.807, 2.05) is 12.1 Å². The molecule has 0 saturated carbocycles. The molecule has 0 N–H and O–H groups in total. The SMILES string of the molecule is Cc1cc(F)cc(C(=O)c2ccc(I)cc2)c1. The van der Waals surface area contributed by atoms with Gasteiger partial charge in [-0.05, 0) is 77.5 Å². The molecule has 0 spiro atoms. The predicted octanol–water partition coefficient (Wildman–Crippen LogP) is 3.97. The van der Waals surface area contributed by atoms with Gasteiger partial charge in [0.15, 0.2) is 5.78 Å². The summed E-state index contributed by atoms with van der Waals surface area (Å²) in [7, 11) is 0. The maximum atomic E-state index is 13.2. The first-order valence-electron chi connectivity index (χ1n) is 5.14. The highest BCUT2D eigenvalue weighted by atomic mass is 127. The maximum Gasteiger partial charge on any atom is 0.193 e. The Hall–Kier alpha value is -1.23. The number of carbonyl (C=O) groups is 1. The molecule has 3 heteroatoms. The summed E-state index contributed by atoms with van der Waals surface area (Å²) in [6.45, 7) is 1.77. The van der Waals surface area contributed by atoms with E-state index < -0.39 is 0 Å². The van der Waals surface area contributed by atoms with Crippen molar-refractivity contribution in [3.8, 4) is 0 Å². The first-order valence-corrected chi connectivity index (χ1v) is 6.21. The highest BCUT2D eigenvalue weighted by molar-refractivity contribution is 14.1. The van der Waals surface area contributed by atoms with Gasteiger partial charge in [-0.2, -0.15) is 0 Å². The average molecular weight is 340 g/mol. The normalized spacial score (nSPS) is 10.3. The number of benzene rings is 2. The standard InChI is InChI=1S/C14H10FIO/c1-9-6-11(8-12(15)7-9)14(17)10-2-4-13(16)5-3-10/h2-8H,1H3. The Kier molecular flexibility index (Phi) is 3.57. The van der Waals surface area contributed by atoms with E-state index in [1.54, 1.807) is 25.1 Å². The number of hydrogen-bond acceptors (Lipinski definition) is 1. The predicted molar refractivity (Wildman–Crippen MR) is 73.7 cm³/mol. The minimum absolute atomic E-state index is 0.149. The second-order valence-electron chi connectivity index (χ2n) is 3.85. The molecule has 0 atom stereocenters. The second-order valence-corrected chi connectivity index (χ2v) is 5.10. The Morgan fingerprint density at radius 1 is 1.06 bits per heavy atom. The number of aryl methyl sites for hydroxylation is 1. The van der Waals surface area contributed by atoms with Crippen molar-refractivity contribution in [2.75, 3.05) is 0 Å². The number of halogens is 2. The molecule has 17 heavy (non-hydrogen) atoms. The van der Waals surface area contributed by atoms with Crippen LogP contribution in [0.15, 0.2) is 42.5 Å². The molecule has 0 aliphatic heterocycles. The third-order valence-corrected chi connectivity index (χ3v) is 3.13. The van der Waals surface area contributed by atoms with Gasteiger partial charge in [0.25, 0.3) is 0 Å². The van der Waals surface area contributed by atoms with Crippen LogP contribution >= 0.6 is 22.6 Å². The fourth-order valence-corrected chi connectivity index (χ4v) is 1.99. The molecule has 0 aliphatic carbocycles. The molecule has 0 fully saturated rings. The topological polar surface area (TPSA) is 17.1 Å². The molecule has 2 aromatic carbocycles. The van der Waals surface area contributed by atoms with Crippen molar-refractivity contribution in [1.29, 1.82) is 0 Å². The average Bonchev–Trinajstić information content (AvgIpc) is 2.28. The van der Waals surface area contributed by atoms with Gasteiger partial charge in [0.05, 0.1) is 0 Å². The van der Waals surface area contributed by atoms with Gasteiger partial charge in [-0.15, -0.1) is 0 Å². The smallest absolute Gasteiger partial charge is 0.193 e. The van der Waals surface area contributed by atoms with Gasteiger partial charge in [0.2, 0.25) is 0 Å². The quantitative estimate of drug-likeness (QED) is 0.597. The van der Waals surface area contributed by atoms with Gasteiger partial charge >= 0.3 is 0 Å². The Labute approximate surface area is 113 Å². The second kappa shape index (κ2) is 4.96. The Morgan fingerprint density at radius 3 is 2.29 bits per heavy atom. The van der Waals surface area contributed by atoms with E-state index in [2.05, 4.69) is 22.6 Å². The maximum absolute atomic E-state index is 13.2. The van der Waals surface area contributed by atoms with Gasteiger partial charge in [0.1, 0.15) is 5.82 Å². The summed E-state index contributed by atoms with van der Waals surface area (Å²) < 4.78 is 14.3. The summed E-state index contributed by atoms with van der Waals surface area (Å²) in [5.74, 6) is -0.525. The Bertz CT molecular complexity index is 541. The molecule has 0 amide bonds. The van der Waals surface area contributed by atoms with Crippen LogP contribution in [0.25, 0.3) is 0 Å². The molecule has 0 heterocycles. The largest absolute Gasteiger partial charge is 0.289 e. The number of carbonyl (C=O) groups excluding carboxylic acids is 1. The number of hydrogen-bond donors (Lipinski definition) is 0. The zero-order valence-electron chi connectivity index (χ0n) is 9.21. The molecule has 0 saturated heterocycles. The fourth-order valence-electron chi connectivity index (χ4n) is 1.64. The van der Waals surface area contributed by atoms with Crippen molar-refractivity contribution in [2.45, 2.75) is 6.92 Å². The molecule has 2 rings (SSSR count). The molecule has 2 aromatic rings. The molecule has 0 aliphatic rings. The lowest BCUT2D eigenvalue weighted by Gasteiger charge is -2.03. The van der Waals surface area contributed by atoms with Gasteiger partial charge in [0, 0.05) is 14.7 Å². The van der Waals surface area contributed by atoms with Crippen molar-refractivity contribution in [3.05, 3.63) is 68.5 Å². The van der Waals surface area contributed by atoms with Crippen LogP contribution in [0.1, 0.15) is 21.5 Å². The van der Waals surface area contributed by atoms with Crippen LogP contribution < -0.4 is 0 Å². The van der Waals surface area contributed by atoms with Crippen molar-refractivity contribution >= 4 is 28.4 Å². The summed E-state index contributed by atoms with van der Waals surface area (Å²) in [6.07, 6.45) is 0. The zero-order chi connectivity index (χ0) is 12.4. The van der Waals surface area contributed by atoms with Crippen LogP contribution in [0.3, 0.4) is 0 Å². The van der Waals surface area contributed by atoms with Crippen molar-refractivity contribution in [1.82, 2.24) is 0 Å². The van der Waals surface area contributed by atoms with Crippen LogP contribution in [0.2, 0.25) is 0 Å². The Morgan fingerprint density at radius 2 is 1.71 bits per heavy atom. The minimum atomic E-state index is -0.376. The van der Waals surface area contributed by atoms with Gasteiger partial charge in [-0.1, -0.05) is 0 Å². The molecule has 0 aromatic heterocycles. The molecular weight excluding hydrogens is 330 g/mol. The summed E-state index contributed by atoms with van der Waals surface area (Å²) >= 11 is 2.17. The molecule has 0 bridgehead atoms. The monoisotopic (exact) mass is 340 g/mol. The van der Waals surface area contributed by atoms with E-state index in [-0.39, 0.29) is 11.6 Å². The van der Waals surface area contributed by atoms with E-state index in [0.717, 1.165) is 9.13 Å². The Balaban J connectivity index is 2.40. The lowest BCUT2D eigenvalue weighted by Crippen LogP contribution is -2.02. The van der Waals surface area contributed by atoms with Crippen LogP contribution in [-0.2, 0) is 0 Å². The van der Waals surface area contributed by atoms with Gasteiger partial charge in [-0.3, -0.25) is 4.79 Å². The summed E-state index contributed by atoms with van der Waals surface area (Å²) in [4.78, 5) is 12.1. The third-order valence-electron chi connectivity index (χ3n) is 2.41. The van der Waals surface area contributed by atoms with E-state index in [0.29, 0.717) is 11.1 Å². The number of ketones is 1. The molecule has 0 radical (unpaired) electrons. The van der Waals surface area contributed by atoms with Crippen LogP contribution in [-0.4, -0.2) is 5.78 Å². The van der Waals surface area contributed by atoms with E-state index in [9.17, 15) is 9.18 Å². The first-order chi connectivity index (χ1) is 8.06. The molecule has 86 valence electrons. The zero-order valence-corrected chi connectivity index (χ0v) is 11.4. The van der Waals surface area contributed by atoms with Crippen LogP contribution in [0, 0.1) is 16.3 Å². The third kappa shape index (κ3) is 2.91. The highest BCUT2D eigenvalue weighted by Crippen LogP contribution is 2.15. The summed E-state index contributed by atoms with van der Waals surface area (Å²) in [5, 5.41) is 0. The molecule has 0 unspecified atom stereocenters. The van der Waals surface area contributed by atoms with Crippen molar-refractivity contribution in [3.63, 3.8) is 0 Å². The lowest BCUT2D eigenvalue weighted by molar-refractivity contribution is 0.103. The highest BCUT2D eigenvalue weighted by Gasteiger charge is 2.10. The van der Waals surface area contributed by atoms with Gasteiger partial charge in [-0.25, -0.2) is 4.39 Å². The van der Waals surface area contributed by atoms with Crippen LogP contribution in [0.5, 0.6) is 0 Å². The fraction of sp³-hybridized carbons (Fsp3) is 0.0714. The van der Waals surface area contributed by atoms with Crippen molar-refractivity contribution in [2.24, 2.45) is 0 Å². The van der Waals surface area contributed by atoms with Crippen molar-refractivity contribution < 1.29 is 9.18 Å². The minimum Gasteiger partial charge on any atom is -0.289 e. The van der Waals surface area contributed by atoms with Crippen LogP contribution in [0.4, 0.5) is 4.39 Å². The molecule has 1 nitrogen and oxygen atoms in total. The first kappa shape index (κ1) is 12.2. The summed E-state index contributed by atoms with van der Waals surface area (Å²) in [6, 6.07) is 11.6. The van der Waals surface area contributed by atoms with E-state index in [4.69, 9.17) is 0 Å².